The van der Waals surface area contributed by atoms with Gasteiger partial charge in [0.1, 0.15) is 4.88 Å². The average molecular weight is 306 g/mol. The maximum absolute atomic E-state index is 11.7. The molecule has 0 radical (unpaired) electrons. The number of ether oxygens (including phenoxy) is 1. The minimum absolute atomic E-state index is 0.00147. The number of rotatable bonds is 3. The van der Waals surface area contributed by atoms with Crippen LogP contribution in [0.2, 0.25) is 0 Å². The summed E-state index contributed by atoms with van der Waals surface area (Å²) < 4.78 is 4.70. The van der Waals surface area contributed by atoms with Gasteiger partial charge in [-0.3, -0.25) is 10.1 Å². The third kappa shape index (κ3) is 2.59. The smallest absolute Gasteiger partial charge is 0.350 e. The molecule has 0 aliphatic rings. The SMILES string of the molecule is COC(=O)c1sc(-c2cc([N+](=O)[O-])ccc2C)c(C)c1N. The molecule has 0 saturated heterocycles. The predicted molar refractivity (Wildman–Crippen MR) is 81.6 cm³/mol. The van der Waals surface area contributed by atoms with Gasteiger partial charge in [0, 0.05) is 22.6 Å². The molecule has 1 aromatic heterocycles. The molecule has 0 saturated carbocycles. The Morgan fingerprint density at radius 2 is 2.05 bits per heavy atom. The maximum Gasteiger partial charge on any atom is 0.350 e. The van der Waals surface area contributed by atoms with Gasteiger partial charge < -0.3 is 10.5 Å². The zero-order valence-electron chi connectivity index (χ0n) is 11.8. The lowest BCUT2D eigenvalue weighted by atomic mass is 10.0. The van der Waals surface area contributed by atoms with Crippen molar-refractivity contribution in [2.45, 2.75) is 13.8 Å². The Morgan fingerprint density at radius 3 is 2.62 bits per heavy atom. The van der Waals surface area contributed by atoms with Gasteiger partial charge in [0.25, 0.3) is 5.69 Å². The van der Waals surface area contributed by atoms with E-state index in [1.54, 1.807) is 13.0 Å². The third-order valence-corrected chi connectivity index (χ3v) is 4.56. The minimum Gasteiger partial charge on any atom is -0.465 e. The molecule has 7 heteroatoms. The Hall–Kier alpha value is -2.41. The van der Waals surface area contributed by atoms with Crippen LogP contribution in [0.4, 0.5) is 11.4 Å². The number of nitrogens with two attached hydrogens (primary N) is 1. The molecule has 0 amide bonds. The normalized spacial score (nSPS) is 10.4. The highest BCUT2D eigenvalue weighted by Crippen LogP contribution is 2.40. The van der Waals surface area contributed by atoms with E-state index in [4.69, 9.17) is 10.5 Å². The second-order valence-corrected chi connectivity index (χ2v) is 5.57. The number of methoxy groups -OCH3 is 1. The van der Waals surface area contributed by atoms with Gasteiger partial charge in [0.15, 0.2) is 0 Å². The lowest BCUT2D eigenvalue weighted by Gasteiger charge is -2.05. The van der Waals surface area contributed by atoms with Crippen molar-refractivity contribution in [1.29, 1.82) is 0 Å². The minimum atomic E-state index is -0.505. The number of nitro benzene ring substituents is 1. The first-order valence-corrected chi connectivity index (χ1v) is 6.91. The van der Waals surface area contributed by atoms with Gasteiger partial charge >= 0.3 is 5.97 Å². The molecule has 0 aliphatic carbocycles. The molecular weight excluding hydrogens is 292 g/mol. The molecule has 0 spiro atoms. The zero-order valence-corrected chi connectivity index (χ0v) is 12.6. The Kier molecular flexibility index (Phi) is 3.95. The number of esters is 1. The quantitative estimate of drug-likeness (QED) is 0.533. The first-order valence-electron chi connectivity index (χ1n) is 6.09. The number of thiophene rings is 1. The summed E-state index contributed by atoms with van der Waals surface area (Å²) >= 11 is 1.18. The molecule has 6 nitrogen and oxygen atoms in total. The van der Waals surface area contributed by atoms with Gasteiger partial charge in [0.05, 0.1) is 17.7 Å². The van der Waals surface area contributed by atoms with Crippen molar-refractivity contribution in [3.05, 3.63) is 44.3 Å². The molecule has 110 valence electrons. The van der Waals surface area contributed by atoms with Gasteiger partial charge in [-0.05, 0) is 25.0 Å². The van der Waals surface area contributed by atoms with E-state index in [-0.39, 0.29) is 5.69 Å². The molecule has 2 aromatic rings. The summed E-state index contributed by atoms with van der Waals surface area (Å²) in [7, 11) is 1.29. The van der Waals surface area contributed by atoms with Crippen LogP contribution in [-0.4, -0.2) is 18.0 Å². The summed E-state index contributed by atoms with van der Waals surface area (Å²) in [6, 6.07) is 4.63. The number of hydrogen-bond donors (Lipinski definition) is 1. The summed E-state index contributed by atoms with van der Waals surface area (Å²) in [4.78, 5) is 23.2. The fourth-order valence-electron chi connectivity index (χ4n) is 2.00. The molecule has 0 bridgehead atoms. The number of non-ortho nitro benzene ring substituents is 1. The number of aryl methyl sites for hydroxylation is 1. The van der Waals surface area contributed by atoms with E-state index in [1.807, 2.05) is 6.92 Å². The number of hydrogen-bond acceptors (Lipinski definition) is 6. The highest BCUT2D eigenvalue weighted by Gasteiger charge is 2.22. The fourth-order valence-corrected chi connectivity index (χ4v) is 3.22. The molecule has 2 N–H and O–H groups in total. The van der Waals surface area contributed by atoms with Gasteiger partial charge in [-0.1, -0.05) is 6.07 Å². The summed E-state index contributed by atoms with van der Waals surface area (Å²) in [5.74, 6) is -0.505. The second-order valence-electron chi connectivity index (χ2n) is 4.55. The Bertz CT molecular complexity index is 737. The number of benzene rings is 1. The van der Waals surface area contributed by atoms with Crippen molar-refractivity contribution in [3.8, 4) is 10.4 Å². The molecule has 2 rings (SSSR count). The van der Waals surface area contributed by atoms with E-state index in [1.165, 1.54) is 30.6 Å². The van der Waals surface area contributed by atoms with Crippen LogP contribution in [0.5, 0.6) is 0 Å². The Labute approximate surface area is 125 Å². The van der Waals surface area contributed by atoms with Gasteiger partial charge in [-0.15, -0.1) is 11.3 Å². The molecule has 0 aliphatic heterocycles. The zero-order chi connectivity index (χ0) is 15.7. The van der Waals surface area contributed by atoms with Crippen LogP contribution >= 0.6 is 11.3 Å². The number of nitrogen functional groups attached to an aromatic ring is 1. The molecule has 0 fully saturated rings. The van der Waals surface area contributed by atoms with Crippen LogP contribution in [-0.2, 0) is 4.74 Å². The lowest BCUT2D eigenvalue weighted by Crippen LogP contribution is -2.01. The summed E-state index contributed by atoms with van der Waals surface area (Å²) in [6.07, 6.45) is 0. The van der Waals surface area contributed by atoms with E-state index in [0.29, 0.717) is 16.1 Å². The van der Waals surface area contributed by atoms with Crippen molar-refractivity contribution < 1.29 is 14.5 Å². The first kappa shape index (κ1) is 15.0. The van der Waals surface area contributed by atoms with E-state index in [0.717, 1.165) is 16.0 Å². The number of carbonyl (C=O) groups excluding carboxylic acids is 1. The third-order valence-electron chi connectivity index (χ3n) is 3.24. The molecule has 0 unspecified atom stereocenters. The van der Waals surface area contributed by atoms with Crippen LogP contribution in [0.25, 0.3) is 10.4 Å². The molecular formula is C14H14N2O4S. The number of carbonyl (C=O) groups is 1. The van der Waals surface area contributed by atoms with Crippen molar-refractivity contribution in [2.24, 2.45) is 0 Å². The van der Waals surface area contributed by atoms with Crippen molar-refractivity contribution >= 4 is 28.7 Å². The molecule has 0 atom stereocenters. The highest BCUT2D eigenvalue weighted by atomic mass is 32.1. The van der Waals surface area contributed by atoms with Gasteiger partial charge in [0.2, 0.25) is 0 Å². The van der Waals surface area contributed by atoms with Crippen LogP contribution < -0.4 is 5.73 Å². The van der Waals surface area contributed by atoms with E-state index < -0.39 is 10.9 Å². The number of nitro groups is 1. The lowest BCUT2D eigenvalue weighted by molar-refractivity contribution is -0.384. The van der Waals surface area contributed by atoms with Crippen molar-refractivity contribution in [3.63, 3.8) is 0 Å². The van der Waals surface area contributed by atoms with Gasteiger partial charge in [-0.2, -0.15) is 0 Å². The number of anilines is 1. The van der Waals surface area contributed by atoms with Crippen LogP contribution in [0.1, 0.15) is 20.8 Å². The highest BCUT2D eigenvalue weighted by molar-refractivity contribution is 7.18. The molecule has 21 heavy (non-hydrogen) atoms. The first-order chi connectivity index (χ1) is 9.86. The molecule has 1 aromatic carbocycles. The largest absolute Gasteiger partial charge is 0.465 e. The summed E-state index contributed by atoms with van der Waals surface area (Å²) in [5.41, 5.74) is 8.60. The monoisotopic (exact) mass is 306 g/mol. The predicted octanol–water partition coefficient (Wildman–Crippen LogP) is 3.31. The van der Waals surface area contributed by atoms with Crippen LogP contribution in [0.15, 0.2) is 18.2 Å². The van der Waals surface area contributed by atoms with Crippen LogP contribution in [0, 0.1) is 24.0 Å². The molecule has 1 heterocycles. The van der Waals surface area contributed by atoms with Crippen LogP contribution in [0.3, 0.4) is 0 Å². The van der Waals surface area contributed by atoms with Crippen molar-refractivity contribution in [1.82, 2.24) is 0 Å². The second kappa shape index (κ2) is 5.53. The topological polar surface area (TPSA) is 95.5 Å². The van der Waals surface area contributed by atoms with E-state index >= 15 is 0 Å². The summed E-state index contributed by atoms with van der Waals surface area (Å²) in [5, 5.41) is 10.9. The Morgan fingerprint density at radius 1 is 1.38 bits per heavy atom. The van der Waals surface area contributed by atoms with E-state index in [9.17, 15) is 14.9 Å². The average Bonchev–Trinajstić information content (AvgIpc) is 2.75. The van der Waals surface area contributed by atoms with E-state index in [2.05, 4.69) is 0 Å². The van der Waals surface area contributed by atoms with Crippen molar-refractivity contribution in [2.75, 3.05) is 12.8 Å². The Balaban J connectivity index is 2.65. The number of nitrogens with zero attached hydrogens (tertiary/aromatic N) is 1. The standard InChI is InChI=1S/C14H14N2O4S/c1-7-4-5-9(16(18)19)6-10(7)12-8(2)11(15)13(21-12)14(17)20-3/h4-6H,15H2,1-3H3. The maximum atomic E-state index is 11.7. The van der Waals surface area contributed by atoms with Gasteiger partial charge in [-0.25, -0.2) is 4.79 Å². The summed E-state index contributed by atoms with van der Waals surface area (Å²) in [6.45, 7) is 3.64. The fraction of sp³-hybridized carbons (Fsp3) is 0.214.